The lowest BCUT2D eigenvalue weighted by molar-refractivity contribution is 0.0532. The summed E-state index contributed by atoms with van der Waals surface area (Å²) in [5, 5.41) is 6.08. The van der Waals surface area contributed by atoms with Gasteiger partial charge in [0.15, 0.2) is 0 Å². The summed E-state index contributed by atoms with van der Waals surface area (Å²) in [6.07, 6.45) is 0. The van der Waals surface area contributed by atoms with Crippen LogP contribution in [0.15, 0.2) is 48.5 Å². The normalized spacial score (nSPS) is 11.4. The Morgan fingerprint density at radius 3 is 2.52 bits per heavy atom. The van der Waals surface area contributed by atoms with Crippen molar-refractivity contribution in [3.63, 3.8) is 0 Å². The van der Waals surface area contributed by atoms with E-state index in [9.17, 15) is 4.79 Å². The zero-order chi connectivity index (χ0) is 16.0. The average Bonchev–Trinajstić information content (AvgIpc) is 3.00. The molecule has 0 saturated carbocycles. The second kappa shape index (κ2) is 5.36. The number of benzene rings is 3. The van der Waals surface area contributed by atoms with Crippen LogP contribution in [0.5, 0.6) is 0 Å². The van der Waals surface area contributed by atoms with Gasteiger partial charge in [-0.2, -0.15) is 0 Å². The van der Waals surface area contributed by atoms with Gasteiger partial charge in [0.25, 0.3) is 0 Å². The van der Waals surface area contributed by atoms with Gasteiger partial charge < -0.3 is 4.74 Å². The largest absolute Gasteiger partial charge is 0.462 e. The second-order valence-electron chi connectivity index (χ2n) is 5.65. The average molecular weight is 320 g/mol. The molecule has 23 heavy (non-hydrogen) atoms. The molecule has 3 aromatic carbocycles. The molecule has 0 atom stereocenters. The molecule has 0 fully saturated rings. The molecule has 0 aliphatic heterocycles. The lowest BCUT2D eigenvalue weighted by Crippen LogP contribution is -2.01. The summed E-state index contributed by atoms with van der Waals surface area (Å²) in [5.74, 6) is -0.237. The third-order valence-electron chi connectivity index (χ3n) is 4.20. The van der Waals surface area contributed by atoms with Crippen LogP contribution in [0.1, 0.15) is 22.2 Å². The van der Waals surface area contributed by atoms with E-state index in [2.05, 4.69) is 49.4 Å². The molecule has 0 radical (unpaired) electrons. The summed E-state index contributed by atoms with van der Waals surface area (Å²) in [7, 11) is 0. The van der Waals surface area contributed by atoms with E-state index >= 15 is 0 Å². The van der Waals surface area contributed by atoms with Crippen molar-refractivity contribution in [1.82, 2.24) is 0 Å². The third kappa shape index (κ3) is 2.20. The molecule has 0 bridgehead atoms. The molecule has 0 spiro atoms. The van der Waals surface area contributed by atoms with E-state index in [1.165, 1.54) is 38.4 Å². The van der Waals surface area contributed by atoms with E-state index in [0.29, 0.717) is 11.5 Å². The monoisotopic (exact) mass is 320 g/mol. The Balaban J connectivity index is 2.06. The van der Waals surface area contributed by atoms with Crippen LogP contribution in [0, 0.1) is 6.92 Å². The zero-order valence-corrected chi connectivity index (χ0v) is 13.9. The van der Waals surface area contributed by atoms with Gasteiger partial charge in [0.05, 0.1) is 6.61 Å². The number of thiophene rings is 1. The molecule has 0 saturated heterocycles. The molecular weight excluding hydrogens is 304 g/mol. The Kier molecular flexibility index (Phi) is 3.31. The highest BCUT2D eigenvalue weighted by Crippen LogP contribution is 2.37. The molecule has 4 aromatic rings. The lowest BCUT2D eigenvalue weighted by atomic mass is 9.97. The molecule has 2 nitrogen and oxygen atoms in total. The summed E-state index contributed by atoms with van der Waals surface area (Å²) >= 11 is 1.52. The van der Waals surface area contributed by atoms with Crippen molar-refractivity contribution in [2.75, 3.05) is 6.61 Å². The van der Waals surface area contributed by atoms with Gasteiger partial charge in [0, 0.05) is 10.1 Å². The molecule has 3 heteroatoms. The minimum absolute atomic E-state index is 0.237. The predicted molar refractivity (Wildman–Crippen MR) is 97.5 cm³/mol. The van der Waals surface area contributed by atoms with Crippen LogP contribution in [0.4, 0.5) is 0 Å². The van der Waals surface area contributed by atoms with Crippen LogP contribution >= 0.6 is 11.3 Å². The molecule has 0 aliphatic rings. The predicted octanol–water partition coefficient (Wildman–Crippen LogP) is 5.69. The number of hydrogen-bond donors (Lipinski definition) is 0. The number of aryl methyl sites for hydroxylation is 1. The molecule has 0 N–H and O–H groups in total. The van der Waals surface area contributed by atoms with Gasteiger partial charge in [0.1, 0.15) is 4.88 Å². The molecule has 1 heterocycles. The van der Waals surface area contributed by atoms with Gasteiger partial charge in [-0.05, 0) is 53.1 Å². The fourth-order valence-electron chi connectivity index (χ4n) is 3.16. The third-order valence-corrected chi connectivity index (χ3v) is 5.37. The molecule has 0 amide bonds. The number of hydrogen-bond acceptors (Lipinski definition) is 3. The van der Waals surface area contributed by atoms with Gasteiger partial charge in [-0.1, -0.05) is 36.4 Å². The van der Waals surface area contributed by atoms with Gasteiger partial charge in [0.2, 0.25) is 0 Å². The summed E-state index contributed by atoms with van der Waals surface area (Å²) < 4.78 is 6.29. The van der Waals surface area contributed by atoms with Crippen LogP contribution < -0.4 is 0 Å². The SMILES string of the molecule is CCOC(=O)c1cc2ccc3c4ccccc4c(C)cc3c2s1. The highest BCUT2D eigenvalue weighted by molar-refractivity contribution is 7.21. The van der Waals surface area contributed by atoms with E-state index in [0.717, 1.165) is 10.1 Å². The van der Waals surface area contributed by atoms with Gasteiger partial charge in [-0.25, -0.2) is 4.79 Å². The summed E-state index contributed by atoms with van der Waals surface area (Å²) in [6.45, 7) is 4.37. The van der Waals surface area contributed by atoms with Crippen molar-refractivity contribution in [1.29, 1.82) is 0 Å². The maximum Gasteiger partial charge on any atom is 0.348 e. The first-order chi connectivity index (χ1) is 11.2. The van der Waals surface area contributed by atoms with Crippen molar-refractivity contribution < 1.29 is 9.53 Å². The van der Waals surface area contributed by atoms with Crippen molar-refractivity contribution in [3.05, 3.63) is 59.0 Å². The number of carbonyl (C=O) groups excluding carboxylic acids is 1. The standard InChI is InChI=1S/C20H16O2S/c1-3-22-20(21)18-11-13-8-9-16-15-7-5-4-6-14(15)12(2)10-17(16)19(13)23-18/h4-11H,3H2,1-2H3. The Hall–Kier alpha value is -2.39. The second-order valence-corrected chi connectivity index (χ2v) is 6.70. The quantitative estimate of drug-likeness (QED) is 0.350. The van der Waals surface area contributed by atoms with Gasteiger partial charge in [-0.15, -0.1) is 11.3 Å². The number of ether oxygens (including phenoxy) is 1. The molecule has 1 aromatic heterocycles. The minimum Gasteiger partial charge on any atom is -0.462 e. The summed E-state index contributed by atoms with van der Waals surface area (Å²) in [4.78, 5) is 12.7. The fourth-order valence-corrected chi connectivity index (χ4v) is 4.23. The van der Waals surface area contributed by atoms with Crippen LogP contribution in [-0.4, -0.2) is 12.6 Å². The van der Waals surface area contributed by atoms with E-state index in [1.807, 2.05) is 13.0 Å². The Labute approximate surface area is 138 Å². The van der Waals surface area contributed by atoms with Crippen LogP contribution in [0.3, 0.4) is 0 Å². The minimum atomic E-state index is -0.237. The van der Waals surface area contributed by atoms with Crippen molar-refractivity contribution in [2.45, 2.75) is 13.8 Å². The highest BCUT2D eigenvalue weighted by Gasteiger charge is 2.14. The van der Waals surface area contributed by atoms with Gasteiger partial charge in [-0.3, -0.25) is 0 Å². The van der Waals surface area contributed by atoms with Crippen LogP contribution in [0.2, 0.25) is 0 Å². The van der Waals surface area contributed by atoms with Crippen LogP contribution in [-0.2, 0) is 4.74 Å². The Morgan fingerprint density at radius 1 is 1.00 bits per heavy atom. The maximum absolute atomic E-state index is 12.0. The number of fused-ring (bicyclic) bond motifs is 5. The van der Waals surface area contributed by atoms with E-state index < -0.39 is 0 Å². The topological polar surface area (TPSA) is 26.3 Å². The number of rotatable bonds is 2. The molecule has 0 unspecified atom stereocenters. The maximum atomic E-state index is 12.0. The summed E-state index contributed by atoms with van der Waals surface area (Å²) in [5.41, 5.74) is 1.26. The smallest absolute Gasteiger partial charge is 0.348 e. The first-order valence-corrected chi connectivity index (χ1v) is 8.52. The Bertz CT molecular complexity index is 1060. The first kappa shape index (κ1) is 14.2. The molecule has 0 aliphatic carbocycles. The van der Waals surface area contributed by atoms with Crippen molar-refractivity contribution in [3.8, 4) is 0 Å². The van der Waals surface area contributed by atoms with Gasteiger partial charge >= 0.3 is 5.97 Å². The van der Waals surface area contributed by atoms with E-state index in [4.69, 9.17) is 4.74 Å². The van der Waals surface area contributed by atoms with E-state index in [1.54, 1.807) is 0 Å². The van der Waals surface area contributed by atoms with Crippen molar-refractivity contribution in [2.24, 2.45) is 0 Å². The molecule has 4 rings (SSSR count). The molecule has 114 valence electrons. The zero-order valence-electron chi connectivity index (χ0n) is 13.1. The lowest BCUT2D eigenvalue weighted by Gasteiger charge is -2.08. The number of esters is 1. The van der Waals surface area contributed by atoms with Crippen molar-refractivity contribution >= 4 is 48.9 Å². The summed E-state index contributed by atoms with van der Waals surface area (Å²) in [6, 6.07) is 16.9. The Morgan fingerprint density at radius 2 is 1.74 bits per heavy atom. The first-order valence-electron chi connectivity index (χ1n) is 7.71. The van der Waals surface area contributed by atoms with Crippen LogP contribution in [0.25, 0.3) is 31.6 Å². The fraction of sp³-hybridized carbons (Fsp3) is 0.150. The number of carbonyl (C=O) groups is 1. The highest BCUT2D eigenvalue weighted by atomic mass is 32.1. The molecular formula is C20H16O2S. The van der Waals surface area contributed by atoms with E-state index in [-0.39, 0.29) is 5.97 Å².